The van der Waals surface area contributed by atoms with Gasteiger partial charge in [-0.05, 0) is 39.9 Å². The number of rotatable bonds is 5. The number of aryl methyl sites for hydroxylation is 1. The normalized spacial score (nSPS) is 12.3. The standard InChI is InChI=1S/C15H16BrNO2/c1-11(12-5-3-2-4-6-12)7-8-17-10-13(16)9-14(17)15(18)19/h2-6,9-11H,7-8H2,1H3,(H,18,19). The minimum atomic E-state index is -0.891. The fourth-order valence-corrected chi connectivity index (χ4v) is 2.58. The molecule has 0 saturated heterocycles. The van der Waals surface area contributed by atoms with E-state index < -0.39 is 5.97 Å². The molecule has 2 rings (SSSR count). The highest BCUT2D eigenvalue weighted by atomic mass is 79.9. The highest BCUT2D eigenvalue weighted by Crippen LogP contribution is 2.21. The van der Waals surface area contributed by atoms with Gasteiger partial charge in [0.1, 0.15) is 5.69 Å². The van der Waals surface area contributed by atoms with Crippen LogP contribution in [0.15, 0.2) is 47.1 Å². The summed E-state index contributed by atoms with van der Waals surface area (Å²) >= 11 is 3.32. The summed E-state index contributed by atoms with van der Waals surface area (Å²) in [6.07, 6.45) is 2.73. The zero-order valence-electron chi connectivity index (χ0n) is 10.7. The average molecular weight is 322 g/mol. The number of halogens is 1. The smallest absolute Gasteiger partial charge is 0.352 e. The van der Waals surface area contributed by atoms with E-state index in [0.29, 0.717) is 18.2 Å². The number of carbonyl (C=O) groups is 1. The Morgan fingerprint density at radius 1 is 1.37 bits per heavy atom. The first-order valence-electron chi connectivity index (χ1n) is 6.22. The van der Waals surface area contributed by atoms with Gasteiger partial charge in [-0.3, -0.25) is 0 Å². The number of benzene rings is 1. The van der Waals surface area contributed by atoms with Gasteiger partial charge in [-0.15, -0.1) is 0 Å². The Bertz CT molecular complexity index is 563. The van der Waals surface area contributed by atoms with Crippen molar-refractivity contribution in [2.75, 3.05) is 0 Å². The summed E-state index contributed by atoms with van der Waals surface area (Å²) in [7, 11) is 0. The predicted octanol–water partition coefficient (Wildman–Crippen LogP) is 4.14. The molecule has 3 nitrogen and oxygen atoms in total. The fourth-order valence-electron chi connectivity index (χ4n) is 2.12. The molecule has 0 amide bonds. The van der Waals surface area contributed by atoms with Crippen LogP contribution in [0.3, 0.4) is 0 Å². The molecule has 0 aliphatic carbocycles. The van der Waals surface area contributed by atoms with Crippen LogP contribution in [0, 0.1) is 0 Å². The lowest BCUT2D eigenvalue weighted by atomic mass is 9.98. The van der Waals surface area contributed by atoms with Gasteiger partial charge in [-0.2, -0.15) is 0 Å². The predicted molar refractivity (Wildman–Crippen MR) is 78.6 cm³/mol. The first-order valence-corrected chi connectivity index (χ1v) is 7.01. The topological polar surface area (TPSA) is 42.2 Å². The number of hydrogen-bond acceptors (Lipinski definition) is 1. The van der Waals surface area contributed by atoms with Crippen molar-refractivity contribution in [3.63, 3.8) is 0 Å². The minimum absolute atomic E-state index is 0.326. The Balaban J connectivity index is 2.05. The summed E-state index contributed by atoms with van der Waals surface area (Å²) in [4.78, 5) is 11.1. The molecule has 1 N–H and O–H groups in total. The van der Waals surface area contributed by atoms with Gasteiger partial charge in [0.2, 0.25) is 0 Å². The van der Waals surface area contributed by atoms with Crippen LogP contribution < -0.4 is 0 Å². The summed E-state index contributed by atoms with van der Waals surface area (Å²) in [6, 6.07) is 11.9. The van der Waals surface area contributed by atoms with E-state index in [2.05, 4.69) is 35.0 Å². The van der Waals surface area contributed by atoms with Crippen LogP contribution in [0.1, 0.15) is 35.3 Å². The van der Waals surface area contributed by atoms with Crippen molar-refractivity contribution in [3.8, 4) is 0 Å². The maximum atomic E-state index is 11.1. The van der Waals surface area contributed by atoms with Gasteiger partial charge in [0.05, 0.1) is 0 Å². The van der Waals surface area contributed by atoms with E-state index in [0.717, 1.165) is 10.9 Å². The maximum Gasteiger partial charge on any atom is 0.352 e. The molecule has 0 radical (unpaired) electrons. The molecule has 1 atom stereocenters. The maximum absolute atomic E-state index is 11.1. The Morgan fingerprint density at radius 2 is 2.05 bits per heavy atom. The fraction of sp³-hybridized carbons (Fsp3) is 0.267. The average Bonchev–Trinajstić information content (AvgIpc) is 2.78. The molecule has 0 spiro atoms. The minimum Gasteiger partial charge on any atom is -0.477 e. The van der Waals surface area contributed by atoms with Crippen LogP contribution in [0.25, 0.3) is 0 Å². The SMILES string of the molecule is CC(CCn1cc(Br)cc1C(=O)O)c1ccccc1. The zero-order valence-corrected chi connectivity index (χ0v) is 12.3. The van der Waals surface area contributed by atoms with Crippen LogP contribution in [0.2, 0.25) is 0 Å². The number of hydrogen-bond donors (Lipinski definition) is 1. The third-order valence-corrected chi connectivity index (χ3v) is 3.69. The molecule has 1 heterocycles. The Labute approximate surface area is 121 Å². The van der Waals surface area contributed by atoms with Crippen molar-refractivity contribution in [3.05, 3.63) is 58.3 Å². The van der Waals surface area contributed by atoms with E-state index in [4.69, 9.17) is 5.11 Å². The van der Waals surface area contributed by atoms with E-state index in [1.54, 1.807) is 10.6 Å². The monoisotopic (exact) mass is 321 g/mol. The largest absolute Gasteiger partial charge is 0.477 e. The van der Waals surface area contributed by atoms with E-state index in [-0.39, 0.29) is 0 Å². The highest BCUT2D eigenvalue weighted by molar-refractivity contribution is 9.10. The van der Waals surface area contributed by atoms with Crippen LogP contribution in [0.4, 0.5) is 0 Å². The lowest BCUT2D eigenvalue weighted by Gasteiger charge is -2.13. The van der Waals surface area contributed by atoms with Gasteiger partial charge in [0.25, 0.3) is 0 Å². The molecule has 100 valence electrons. The van der Waals surface area contributed by atoms with Crippen molar-refractivity contribution in [2.24, 2.45) is 0 Å². The van der Waals surface area contributed by atoms with Gasteiger partial charge in [0, 0.05) is 17.2 Å². The van der Waals surface area contributed by atoms with Crippen LogP contribution in [0.5, 0.6) is 0 Å². The van der Waals surface area contributed by atoms with Crippen LogP contribution >= 0.6 is 15.9 Å². The lowest BCUT2D eigenvalue weighted by molar-refractivity contribution is 0.0685. The zero-order chi connectivity index (χ0) is 13.8. The van der Waals surface area contributed by atoms with Gasteiger partial charge < -0.3 is 9.67 Å². The van der Waals surface area contributed by atoms with E-state index in [1.807, 2.05) is 24.4 Å². The molecule has 1 aromatic carbocycles. The first-order chi connectivity index (χ1) is 9.08. The Hall–Kier alpha value is -1.55. The molecule has 0 bridgehead atoms. The van der Waals surface area contributed by atoms with Crippen molar-refractivity contribution < 1.29 is 9.90 Å². The van der Waals surface area contributed by atoms with Gasteiger partial charge in [-0.1, -0.05) is 37.3 Å². The quantitative estimate of drug-likeness (QED) is 0.899. The molecular weight excluding hydrogens is 306 g/mol. The molecule has 19 heavy (non-hydrogen) atoms. The number of aromatic carboxylic acids is 1. The Morgan fingerprint density at radius 3 is 2.68 bits per heavy atom. The molecule has 1 unspecified atom stereocenters. The van der Waals surface area contributed by atoms with Crippen LogP contribution in [-0.2, 0) is 6.54 Å². The van der Waals surface area contributed by atoms with E-state index >= 15 is 0 Å². The molecular formula is C15H16BrNO2. The summed E-state index contributed by atoms with van der Waals surface area (Å²) in [6.45, 7) is 2.86. The summed E-state index contributed by atoms with van der Waals surface area (Å²) in [5, 5.41) is 9.12. The molecule has 1 aromatic heterocycles. The first kappa shape index (κ1) is 13.9. The summed E-state index contributed by atoms with van der Waals surface area (Å²) < 4.78 is 2.59. The van der Waals surface area contributed by atoms with Gasteiger partial charge in [-0.25, -0.2) is 4.79 Å². The number of carboxylic acid groups (broad SMARTS) is 1. The second-order valence-electron chi connectivity index (χ2n) is 4.64. The van der Waals surface area contributed by atoms with E-state index in [9.17, 15) is 4.79 Å². The molecule has 0 aliphatic rings. The second-order valence-corrected chi connectivity index (χ2v) is 5.56. The number of aromatic nitrogens is 1. The van der Waals surface area contributed by atoms with Crippen molar-refractivity contribution in [1.29, 1.82) is 0 Å². The van der Waals surface area contributed by atoms with Crippen molar-refractivity contribution in [2.45, 2.75) is 25.8 Å². The molecule has 0 aliphatic heterocycles. The molecule has 0 fully saturated rings. The molecule has 2 aromatic rings. The number of carboxylic acids is 1. The lowest BCUT2D eigenvalue weighted by Crippen LogP contribution is -2.09. The second kappa shape index (κ2) is 6.06. The molecule has 4 heteroatoms. The van der Waals surface area contributed by atoms with Gasteiger partial charge >= 0.3 is 5.97 Å². The number of nitrogens with zero attached hydrogens (tertiary/aromatic N) is 1. The molecule has 0 saturated carbocycles. The highest BCUT2D eigenvalue weighted by Gasteiger charge is 2.12. The summed E-state index contributed by atoms with van der Waals surface area (Å²) in [5.41, 5.74) is 1.61. The third kappa shape index (κ3) is 3.47. The Kier molecular flexibility index (Phi) is 4.43. The van der Waals surface area contributed by atoms with Gasteiger partial charge in [0.15, 0.2) is 0 Å². The summed E-state index contributed by atoms with van der Waals surface area (Å²) in [5.74, 6) is -0.484. The van der Waals surface area contributed by atoms with Crippen molar-refractivity contribution in [1.82, 2.24) is 4.57 Å². The third-order valence-electron chi connectivity index (χ3n) is 3.25. The van der Waals surface area contributed by atoms with Crippen molar-refractivity contribution >= 4 is 21.9 Å². The van der Waals surface area contributed by atoms with E-state index in [1.165, 1.54) is 5.56 Å². The van der Waals surface area contributed by atoms with Crippen LogP contribution in [-0.4, -0.2) is 15.6 Å².